The number of benzene rings is 2. The average Bonchev–Trinajstić information content (AvgIpc) is 2.69. The maximum Gasteiger partial charge on any atom is 0.251 e. The van der Waals surface area contributed by atoms with Gasteiger partial charge < -0.3 is 19.7 Å². The van der Waals surface area contributed by atoms with E-state index in [0.29, 0.717) is 25.0 Å². The Morgan fingerprint density at radius 3 is 2.74 bits per heavy atom. The van der Waals surface area contributed by atoms with Crippen molar-refractivity contribution in [2.75, 3.05) is 30.0 Å². The summed E-state index contributed by atoms with van der Waals surface area (Å²) < 4.78 is 11.2. The van der Waals surface area contributed by atoms with Crippen LogP contribution in [-0.2, 0) is 0 Å². The van der Waals surface area contributed by atoms with Gasteiger partial charge in [0.25, 0.3) is 5.95 Å². The Hall–Kier alpha value is -3.35. The molecule has 0 amide bonds. The molecule has 138 valence electrons. The number of fused-ring (bicyclic) bond motifs is 1. The highest BCUT2D eigenvalue weighted by atomic mass is 16.6. The van der Waals surface area contributed by atoms with Crippen LogP contribution in [0.1, 0.15) is 12.5 Å². The second kappa shape index (κ2) is 7.49. The van der Waals surface area contributed by atoms with Crippen LogP contribution in [0, 0.1) is 6.92 Å². The third-order valence-electron chi connectivity index (χ3n) is 4.23. The summed E-state index contributed by atoms with van der Waals surface area (Å²) in [6.07, 6.45) is 1.60. The average molecular weight is 363 g/mol. The molecule has 1 aliphatic heterocycles. The zero-order valence-corrected chi connectivity index (χ0v) is 15.3. The molecule has 2 aromatic carbocycles. The van der Waals surface area contributed by atoms with Gasteiger partial charge >= 0.3 is 0 Å². The van der Waals surface area contributed by atoms with Crippen LogP contribution in [0.2, 0.25) is 0 Å². The maximum absolute atomic E-state index is 5.63. The Bertz CT molecular complexity index is 947. The van der Waals surface area contributed by atoms with Crippen LogP contribution in [0.25, 0.3) is 0 Å². The van der Waals surface area contributed by atoms with Gasteiger partial charge in [0.05, 0.1) is 6.20 Å². The van der Waals surface area contributed by atoms with Gasteiger partial charge in [-0.3, -0.25) is 0 Å². The summed E-state index contributed by atoms with van der Waals surface area (Å²) in [5, 5.41) is 11.6. The van der Waals surface area contributed by atoms with Crippen molar-refractivity contribution in [3.63, 3.8) is 0 Å². The van der Waals surface area contributed by atoms with Gasteiger partial charge in [-0.25, -0.2) is 0 Å². The van der Waals surface area contributed by atoms with E-state index in [1.165, 1.54) is 5.56 Å². The Labute approximate surface area is 158 Å². The molecule has 2 heterocycles. The predicted octanol–water partition coefficient (Wildman–Crippen LogP) is 3.85. The standard InChI is InChI=1S/C20H21N5O2/c1-3-25(16-6-4-5-14(2)11-16)20-23-19(13-21-24-20)22-15-7-8-17-18(12-15)27-10-9-26-17/h4-8,11-13H,3,9-10H2,1-2H3,(H,22,23,24). The van der Waals surface area contributed by atoms with E-state index >= 15 is 0 Å². The summed E-state index contributed by atoms with van der Waals surface area (Å²) in [6, 6.07) is 13.9. The molecule has 0 saturated carbocycles. The smallest absolute Gasteiger partial charge is 0.251 e. The zero-order valence-electron chi connectivity index (χ0n) is 15.3. The molecule has 0 saturated heterocycles. The fraction of sp³-hybridized carbons (Fsp3) is 0.250. The second-order valence-electron chi connectivity index (χ2n) is 6.21. The van der Waals surface area contributed by atoms with Gasteiger partial charge in [-0.05, 0) is 43.7 Å². The number of aromatic nitrogens is 3. The number of ether oxygens (including phenoxy) is 2. The lowest BCUT2D eigenvalue weighted by Gasteiger charge is -2.21. The number of nitrogens with one attached hydrogen (secondary N) is 1. The molecule has 0 atom stereocenters. The molecule has 4 rings (SSSR count). The van der Waals surface area contributed by atoms with E-state index in [0.717, 1.165) is 29.4 Å². The van der Waals surface area contributed by atoms with Crippen molar-refractivity contribution in [1.82, 2.24) is 15.2 Å². The van der Waals surface area contributed by atoms with Crippen LogP contribution < -0.4 is 19.7 Å². The molecule has 0 spiro atoms. The normalized spacial score (nSPS) is 12.5. The van der Waals surface area contributed by atoms with Crippen LogP contribution in [0.15, 0.2) is 48.7 Å². The molecule has 0 aliphatic carbocycles. The van der Waals surface area contributed by atoms with Crippen molar-refractivity contribution in [2.45, 2.75) is 13.8 Å². The Balaban J connectivity index is 1.58. The van der Waals surface area contributed by atoms with Crippen LogP contribution in [0.4, 0.5) is 23.1 Å². The molecular formula is C20H21N5O2. The number of aryl methyl sites for hydroxylation is 1. The van der Waals surface area contributed by atoms with Crippen molar-refractivity contribution in [3.05, 3.63) is 54.2 Å². The largest absolute Gasteiger partial charge is 0.486 e. The van der Waals surface area contributed by atoms with E-state index in [1.54, 1.807) is 6.20 Å². The van der Waals surface area contributed by atoms with Crippen molar-refractivity contribution in [1.29, 1.82) is 0 Å². The van der Waals surface area contributed by atoms with E-state index in [9.17, 15) is 0 Å². The van der Waals surface area contributed by atoms with Crippen LogP contribution in [0.5, 0.6) is 11.5 Å². The zero-order chi connectivity index (χ0) is 18.6. The lowest BCUT2D eigenvalue weighted by molar-refractivity contribution is 0.171. The molecule has 7 nitrogen and oxygen atoms in total. The second-order valence-corrected chi connectivity index (χ2v) is 6.21. The molecule has 27 heavy (non-hydrogen) atoms. The summed E-state index contributed by atoms with van der Waals surface area (Å²) in [5.41, 5.74) is 3.07. The van der Waals surface area contributed by atoms with E-state index in [4.69, 9.17) is 9.47 Å². The topological polar surface area (TPSA) is 72.4 Å². The molecular weight excluding hydrogens is 342 g/mol. The number of nitrogens with zero attached hydrogens (tertiary/aromatic N) is 4. The monoisotopic (exact) mass is 363 g/mol. The van der Waals surface area contributed by atoms with Crippen LogP contribution in [0.3, 0.4) is 0 Å². The fourth-order valence-corrected chi connectivity index (χ4v) is 2.97. The van der Waals surface area contributed by atoms with Gasteiger partial charge in [-0.2, -0.15) is 10.1 Å². The molecule has 0 bridgehead atoms. The van der Waals surface area contributed by atoms with Gasteiger partial charge in [0, 0.05) is 24.0 Å². The summed E-state index contributed by atoms with van der Waals surface area (Å²) in [6.45, 7) is 5.99. The number of hydrogen-bond acceptors (Lipinski definition) is 7. The third kappa shape index (κ3) is 3.76. The predicted molar refractivity (Wildman–Crippen MR) is 104 cm³/mol. The first-order valence-corrected chi connectivity index (χ1v) is 8.93. The maximum atomic E-state index is 5.63. The highest BCUT2D eigenvalue weighted by molar-refractivity contribution is 5.63. The minimum absolute atomic E-state index is 0.547. The highest BCUT2D eigenvalue weighted by Gasteiger charge is 2.14. The van der Waals surface area contributed by atoms with Crippen molar-refractivity contribution < 1.29 is 9.47 Å². The highest BCUT2D eigenvalue weighted by Crippen LogP contribution is 2.33. The lowest BCUT2D eigenvalue weighted by Crippen LogP contribution is -2.19. The molecule has 1 aromatic heterocycles. The third-order valence-corrected chi connectivity index (χ3v) is 4.23. The van der Waals surface area contributed by atoms with Gasteiger partial charge in [-0.1, -0.05) is 12.1 Å². The van der Waals surface area contributed by atoms with Crippen LogP contribution >= 0.6 is 0 Å². The number of anilines is 4. The molecule has 3 aromatic rings. The lowest BCUT2D eigenvalue weighted by atomic mass is 10.2. The molecule has 0 fully saturated rings. The summed E-state index contributed by atoms with van der Waals surface area (Å²) >= 11 is 0. The molecule has 0 unspecified atom stereocenters. The van der Waals surface area contributed by atoms with E-state index < -0.39 is 0 Å². The minimum Gasteiger partial charge on any atom is -0.486 e. The Morgan fingerprint density at radius 2 is 1.93 bits per heavy atom. The quantitative estimate of drug-likeness (QED) is 0.738. The van der Waals surface area contributed by atoms with Crippen LogP contribution in [-0.4, -0.2) is 34.9 Å². The first-order valence-electron chi connectivity index (χ1n) is 8.93. The Kier molecular flexibility index (Phi) is 4.74. The number of hydrogen-bond donors (Lipinski definition) is 1. The van der Waals surface area contributed by atoms with Crippen molar-refractivity contribution in [2.24, 2.45) is 0 Å². The summed E-state index contributed by atoms with van der Waals surface area (Å²) in [5.74, 6) is 2.64. The van der Waals surface area contributed by atoms with Crippen molar-refractivity contribution in [3.8, 4) is 11.5 Å². The van der Waals surface area contributed by atoms with Crippen molar-refractivity contribution >= 4 is 23.1 Å². The summed E-state index contributed by atoms with van der Waals surface area (Å²) in [7, 11) is 0. The van der Waals surface area contributed by atoms with E-state index in [1.807, 2.05) is 35.2 Å². The first-order chi connectivity index (χ1) is 13.2. The Morgan fingerprint density at radius 1 is 1.07 bits per heavy atom. The number of rotatable bonds is 5. The molecule has 1 N–H and O–H groups in total. The molecule has 7 heteroatoms. The molecule has 0 radical (unpaired) electrons. The molecule has 1 aliphatic rings. The van der Waals surface area contributed by atoms with Gasteiger partial charge in [0.2, 0.25) is 0 Å². The SMILES string of the molecule is CCN(c1cccc(C)c1)c1nncc(Nc2ccc3c(c2)OCCO3)n1. The van der Waals surface area contributed by atoms with E-state index in [-0.39, 0.29) is 0 Å². The fourth-order valence-electron chi connectivity index (χ4n) is 2.97. The van der Waals surface area contributed by atoms with E-state index in [2.05, 4.69) is 46.5 Å². The summed E-state index contributed by atoms with van der Waals surface area (Å²) in [4.78, 5) is 6.65. The van der Waals surface area contributed by atoms with Gasteiger partial charge in [0.1, 0.15) is 13.2 Å². The van der Waals surface area contributed by atoms with Gasteiger partial charge in [-0.15, -0.1) is 5.10 Å². The first kappa shape index (κ1) is 17.1. The van der Waals surface area contributed by atoms with Gasteiger partial charge in [0.15, 0.2) is 17.3 Å². The minimum atomic E-state index is 0.547.